The molecule has 0 aliphatic heterocycles. The van der Waals surface area contributed by atoms with Crippen molar-refractivity contribution in [2.24, 2.45) is 5.92 Å². The summed E-state index contributed by atoms with van der Waals surface area (Å²) in [6.07, 6.45) is 2.71. The number of nitrogens with zero attached hydrogens (tertiary/aromatic N) is 1. The number of phenolic OH excluding ortho intramolecular Hbond substituents is 1. The topological polar surface area (TPSA) is 98.7 Å². The summed E-state index contributed by atoms with van der Waals surface area (Å²) in [7, 11) is 0. The van der Waals surface area contributed by atoms with Crippen LogP contribution in [0.5, 0.6) is 5.75 Å². The van der Waals surface area contributed by atoms with E-state index in [4.69, 9.17) is 0 Å². The first-order valence-corrected chi connectivity index (χ1v) is 13.6. The molecule has 0 bridgehead atoms. The molecule has 0 aromatic heterocycles. The number of amides is 3. The SMILES string of the molecule is CCCN(CCC)C(=O)c1cccc(C(=O)N[C@@H](Cc2ccccc2)CC(C)C(=O)Nc2ccc(O)cc2)c1. The maximum absolute atomic E-state index is 13.4. The Morgan fingerprint density at radius 3 is 2.13 bits per heavy atom. The van der Waals surface area contributed by atoms with E-state index in [0.29, 0.717) is 42.7 Å². The summed E-state index contributed by atoms with van der Waals surface area (Å²) in [5, 5.41) is 15.5. The summed E-state index contributed by atoms with van der Waals surface area (Å²) in [6.45, 7) is 7.26. The molecule has 3 rings (SSSR count). The Morgan fingerprint density at radius 2 is 1.49 bits per heavy atom. The molecule has 3 N–H and O–H groups in total. The predicted molar refractivity (Wildman–Crippen MR) is 155 cm³/mol. The van der Waals surface area contributed by atoms with Crippen molar-refractivity contribution in [2.75, 3.05) is 18.4 Å². The van der Waals surface area contributed by atoms with E-state index in [0.717, 1.165) is 18.4 Å². The lowest BCUT2D eigenvalue weighted by Gasteiger charge is -2.23. The average Bonchev–Trinajstić information content (AvgIpc) is 2.94. The highest BCUT2D eigenvalue weighted by atomic mass is 16.3. The lowest BCUT2D eigenvalue weighted by Crippen LogP contribution is -2.39. The van der Waals surface area contributed by atoms with Crippen molar-refractivity contribution in [1.29, 1.82) is 0 Å². The van der Waals surface area contributed by atoms with Crippen molar-refractivity contribution in [1.82, 2.24) is 10.2 Å². The highest BCUT2D eigenvalue weighted by molar-refractivity contribution is 6.00. The Bertz CT molecular complexity index is 1220. The monoisotopic (exact) mass is 529 g/mol. The summed E-state index contributed by atoms with van der Waals surface area (Å²) in [5.74, 6) is -0.797. The Kier molecular flexibility index (Phi) is 11.1. The lowest BCUT2D eigenvalue weighted by molar-refractivity contribution is -0.119. The molecule has 3 aromatic rings. The molecule has 206 valence electrons. The molecule has 7 heteroatoms. The second-order valence-electron chi connectivity index (χ2n) is 9.91. The molecule has 0 saturated carbocycles. The average molecular weight is 530 g/mol. The Hall–Kier alpha value is -4.13. The van der Waals surface area contributed by atoms with Crippen molar-refractivity contribution >= 4 is 23.4 Å². The normalized spacial score (nSPS) is 12.3. The summed E-state index contributed by atoms with van der Waals surface area (Å²) < 4.78 is 0. The van der Waals surface area contributed by atoms with Crippen LogP contribution in [0, 0.1) is 5.92 Å². The largest absolute Gasteiger partial charge is 0.508 e. The van der Waals surface area contributed by atoms with Crippen LogP contribution in [0.2, 0.25) is 0 Å². The molecule has 0 aliphatic rings. The highest BCUT2D eigenvalue weighted by Gasteiger charge is 2.23. The third-order valence-corrected chi connectivity index (χ3v) is 6.53. The third kappa shape index (κ3) is 8.99. The van der Waals surface area contributed by atoms with Crippen LogP contribution in [-0.4, -0.2) is 46.9 Å². The highest BCUT2D eigenvalue weighted by Crippen LogP contribution is 2.18. The smallest absolute Gasteiger partial charge is 0.253 e. The number of hydrogen-bond donors (Lipinski definition) is 3. The van der Waals surface area contributed by atoms with Gasteiger partial charge in [-0.3, -0.25) is 14.4 Å². The minimum atomic E-state index is -0.391. The van der Waals surface area contributed by atoms with Gasteiger partial charge in [-0.05, 0) is 73.7 Å². The summed E-state index contributed by atoms with van der Waals surface area (Å²) >= 11 is 0. The van der Waals surface area contributed by atoms with Crippen molar-refractivity contribution in [2.45, 2.75) is 52.5 Å². The molecule has 0 fully saturated rings. The molecule has 39 heavy (non-hydrogen) atoms. The minimum Gasteiger partial charge on any atom is -0.508 e. The van der Waals surface area contributed by atoms with Gasteiger partial charge < -0.3 is 20.6 Å². The molecule has 0 spiro atoms. The minimum absolute atomic E-state index is 0.0753. The molecule has 0 radical (unpaired) electrons. The van der Waals surface area contributed by atoms with Crippen molar-refractivity contribution in [3.8, 4) is 5.75 Å². The van der Waals surface area contributed by atoms with Crippen LogP contribution >= 0.6 is 0 Å². The van der Waals surface area contributed by atoms with Crippen LogP contribution in [0.1, 0.15) is 66.3 Å². The Labute approximate surface area is 231 Å². The number of carbonyl (C=O) groups excluding carboxylic acids is 3. The first-order valence-electron chi connectivity index (χ1n) is 13.6. The first-order chi connectivity index (χ1) is 18.8. The van der Waals surface area contributed by atoms with E-state index in [-0.39, 0.29) is 29.5 Å². The summed E-state index contributed by atoms with van der Waals surface area (Å²) in [5.41, 5.74) is 2.54. The van der Waals surface area contributed by atoms with Gasteiger partial charge in [0.2, 0.25) is 5.91 Å². The van der Waals surface area contributed by atoms with Crippen LogP contribution in [0.3, 0.4) is 0 Å². The molecule has 0 saturated heterocycles. The van der Waals surface area contributed by atoms with E-state index < -0.39 is 5.92 Å². The Morgan fingerprint density at radius 1 is 0.846 bits per heavy atom. The van der Waals surface area contributed by atoms with E-state index >= 15 is 0 Å². The van der Waals surface area contributed by atoms with Gasteiger partial charge in [0.05, 0.1) is 0 Å². The number of anilines is 1. The van der Waals surface area contributed by atoms with Crippen molar-refractivity contribution in [3.05, 3.63) is 95.6 Å². The van der Waals surface area contributed by atoms with E-state index in [1.165, 1.54) is 12.1 Å². The number of nitrogens with one attached hydrogen (secondary N) is 2. The van der Waals surface area contributed by atoms with Gasteiger partial charge >= 0.3 is 0 Å². The number of benzene rings is 3. The molecule has 1 unspecified atom stereocenters. The van der Waals surface area contributed by atoms with E-state index in [2.05, 4.69) is 10.6 Å². The maximum atomic E-state index is 13.4. The second-order valence-corrected chi connectivity index (χ2v) is 9.91. The number of rotatable bonds is 13. The standard InChI is InChI=1S/C32H39N3O4/c1-4-18-35(19-5-2)32(39)26-13-9-12-25(22-26)31(38)34-28(21-24-10-7-6-8-11-24)20-23(3)30(37)33-27-14-16-29(36)17-15-27/h6-17,22-23,28,36H,4-5,18-21H2,1-3H3,(H,33,37)(H,34,38)/t23?,28-/m1/s1. The van der Waals surface area contributed by atoms with Crippen molar-refractivity contribution < 1.29 is 19.5 Å². The van der Waals surface area contributed by atoms with Crippen LogP contribution in [0.4, 0.5) is 5.69 Å². The second kappa shape index (κ2) is 14.7. The van der Waals surface area contributed by atoms with E-state index in [9.17, 15) is 19.5 Å². The van der Waals surface area contributed by atoms with Crippen LogP contribution in [0.15, 0.2) is 78.9 Å². The first kappa shape index (κ1) is 29.4. The third-order valence-electron chi connectivity index (χ3n) is 6.53. The van der Waals surface area contributed by atoms with Gasteiger partial charge in [-0.2, -0.15) is 0 Å². The number of hydrogen-bond acceptors (Lipinski definition) is 4. The predicted octanol–water partition coefficient (Wildman–Crippen LogP) is 5.66. The number of carbonyl (C=O) groups is 3. The zero-order valence-corrected chi connectivity index (χ0v) is 23.0. The van der Waals surface area contributed by atoms with Gasteiger partial charge in [0.1, 0.15) is 5.75 Å². The number of aromatic hydroxyl groups is 1. The van der Waals surface area contributed by atoms with Crippen LogP contribution < -0.4 is 10.6 Å². The molecule has 0 aliphatic carbocycles. The van der Waals surface area contributed by atoms with Gasteiger partial charge in [0, 0.05) is 41.9 Å². The maximum Gasteiger partial charge on any atom is 0.253 e. The zero-order valence-electron chi connectivity index (χ0n) is 23.0. The van der Waals surface area contributed by atoms with Gasteiger partial charge in [-0.25, -0.2) is 0 Å². The molecular formula is C32H39N3O4. The fraction of sp³-hybridized carbons (Fsp3) is 0.344. The van der Waals surface area contributed by atoms with Gasteiger partial charge in [0.25, 0.3) is 11.8 Å². The molecule has 0 heterocycles. The van der Waals surface area contributed by atoms with E-state index in [1.54, 1.807) is 36.4 Å². The summed E-state index contributed by atoms with van der Waals surface area (Å²) in [6, 6.07) is 22.7. The molecular weight excluding hydrogens is 490 g/mol. The molecule has 3 amide bonds. The fourth-order valence-corrected chi connectivity index (χ4v) is 4.54. The zero-order chi connectivity index (χ0) is 28.2. The van der Waals surface area contributed by atoms with Gasteiger partial charge in [-0.15, -0.1) is 0 Å². The summed E-state index contributed by atoms with van der Waals surface area (Å²) in [4.78, 5) is 41.2. The fourth-order valence-electron chi connectivity index (χ4n) is 4.54. The van der Waals surface area contributed by atoms with Crippen LogP contribution in [0.25, 0.3) is 0 Å². The number of phenols is 1. The molecule has 7 nitrogen and oxygen atoms in total. The molecule has 2 atom stereocenters. The lowest BCUT2D eigenvalue weighted by atomic mass is 9.95. The Balaban J connectivity index is 1.74. The van der Waals surface area contributed by atoms with Gasteiger partial charge in [0.15, 0.2) is 0 Å². The van der Waals surface area contributed by atoms with E-state index in [1.807, 2.05) is 56.0 Å². The quantitative estimate of drug-likeness (QED) is 0.249. The van der Waals surface area contributed by atoms with Crippen LogP contribution in [-0.2, 0) is 11.2 Å². The molecule has 3 aromatic carbocycles. The van der Waals surface area contributed by atoms with Gasteiger partial charge in [-0.1, -0.05) is 57.2 Å². The van der Waals surface area contributed by atoms with Crippen molar-refractivity contribution in [3.63, 3.8) is 0 Å².